The predicted octanol–water partition coefficient (Wildman–Crippen LogP) is 2.73. The van der Waals surface area contributed by atoms with Gasteiger partial charge in [-0.05, 0) is 52.6 Å². The van der Waals surface area contributed by atoms with Gasteiger partial charge in [-0.1, -0.05) is 6.42 Å². The largest absolute Gasteiger partial charge is 0.396 e. The van der Waals surface area contributed by atoms with Crippen LogP contribution in [0.15, 0.2) is 6.07 Å². The minimum Gasteiger partial charge on any atom is -0.396 e. The summed E-state index contributed by atoms with van der Waals surface area (Å²) < 4.78 is 7.46. The lowest BCUT2D eigenvalue weighted by Crippen LogP contribution is -2.43. The molecule has 0 spiro atoms. The molecule has 2 heterocycles. The van der Waals surface area contributed by atoms with E-state index in [9.17, 15) is 9.90 Å². The molecule has 0 bridgehead atoms. The number of carbonyl (C=O) groups is 1. The number of aryl methyl sites for hydroxylation is 1. The maximum absolute atomic E-state index is 12.9. The zero-order chi connectivity index (χ0) is 17.7. The summed E-state index contributed by atoms with van der Waals surface area (Å²) in [7, 11) is 1.70. The van der Waals surface area contributed by atoms with Crippen molar-refractivity contribution in [2.45, 2.75) is 58.5 Å². The molecule has 2 unspecified atom stereocenters. The van der Waals surface area contributed by atoms with Gasteiger partial charge in [-0.15, -0.1) is 0 Å². The van der Waals surface area contributed by atoms with Crippen LogP contribution in [0.3, 0.4) is 0 Å². The van der Waals surface area contributed by atoms with Crippen molar-refractivity contribution in [3.8, 4) is 0 Å². The van der Waals surface area contributed by atoms with Crippen molar-refractivity contribution in [2.24, 2.45) is 0 Å². The molecule has 1 aliphatic heterocycles. The number of carbonyl (C=O) groups excluding carboxylic acids is 1. The Morgan fingerprint density at radius 3 is 2.83 bits per heavy atom. The first-order valence-electron chi connectivity index (χ1n) is 9.05. The minimum absolute atomic E-state index is 0.184. The number of likely N-dealkylation sites (tertiary alicyclic amines) is 1. The first-order chi connectivity index (χ1) is 11.5. The van der Waals surface area contributed by atoms with Crippen molar-refractivity contribution in [3.05, 3.63) is 23.0 Å². The summed E-state index contributed by atoms with van der Waals surface area (Å²) in [6.07, 6.45) is 4.17. The minimum atomic E-state index is 0.184. The number of aromatic nitrogens is 1. The number of ketones is 1. The monoisotopic (exact) mass is 336 g/mol. The second-order valence-electron chi connectivity index (χ2n) is 7.01. The molecule has 0 aromatic carbocycles. The van der Waals surface area contributed by atoms with Gasteiger partial charge in [0.1, 0.15) is 0 Å². The molecule has 5 nitrogen and oxygen atoms in total. The van der Waals surface area contributed by atoms with E-state index in [-0.39, 0.29) is 18.4 Å². The summed E-state index contributed by atoms with van der Waals surface area (Å²) in [6.45, 7) is 8.41. The maximum Gasteiger partial charge on any atom is 0.178 e. The van der Waals surface area contributed by atoms with E-state index in [4.69, 9.17) is 4.74 Å². The van der Waals surface area contributed by atoms with Gasteiger partial charge in [-0.2, -0.15) is 0 Å². The third kappa shape index (κ3) is 4.26. The van der Waals surface area contributed by atoms with Gasteiger partial charge in [0, 0.05) is 36.7 Å². The lowest BCUT2D eigenvalue weighted by molar-refractivity contribution is 0.0798. The molecule has 1 aromatic rings. The van der Waals surface area contributed by atoms with E-state index in [0.717, 1.165) is 42.8 Å². The number of rotatable bonds is 8. The van der Waals surface area contributed by atoms with E-state index >= 15 is 0 Å². The highest BCUT2D eigenvalue weighted by atomic mass is 16.5. The second kappa shape index (κ2) is 8.79. The van der Waals surface area contributed by atoms with Gasteiger partial charge in [0.15, 0.2) is 5.78 Å². The molecular formula is C19H32N2O3. The van der Waals surface area contributed by atoms with Crippen molar-refractivity contribution in [3.63, 3.8) is 0 Å². The van der Waals surface area contributed by atoms with Gasteiger partial charge in [0.2, 0.25) is 0 Å². The molecule has 0 aliphatic carbocycles. The van der Waals surface area contributed by atoms with Crippen LogP contribution >= 0.6 is 0 Å². The molecule has 1 aliphatic rings. The van der Waals surface area contributed by atoms with Gasteiger partial charge in [0.25, 0.3) is 0 Å². The Morgan fingerprint density at radius 1 is 1.42 bits per heavy atom. The number of Topliss-reactive ketones (excluding diaryl/α,β-unsaturated/α-hetero) is 1. The summed E-state index contributed by atoms with van der Waals surface area (Å²) in [4.78, 5) is 15.1. The third-order valence-electron chi connectivity index (χ3n) is 5.19. The van der Waals surface area contributed by atoms with E-state index in [1.54, 1.807) is 7.11 Å². The Bertz CT molecular complexity index is 551. The average molecular weight is 336 g/mol. The Labute approximate surface area is 145 Å². The Balaban J connectivity index is 2.13. The fraction of sp³-hybridized carbons (Fsp3) is 0.737. The summed E-state index contributed by atoms with van der Waals surface area (Å²) in [5.41, 5.74) is 2.95. The van der Waals surface area contributed by atoms with Crippen molar-refractivity contribution < 1.29 is 14.6 Å². The van der Waals surface area contributed by atoms with E-state index in [1.165, 1.54) is 6.42 Å². The van der Waals surface area contributed by atoms with E-state index < -0.39 is 0 Å². The molecule has 1 saturated heterocycles. The molecule has 5 heteroatoms. The number of aliphatic hydroxyl groups excluding tert-OH is 1. The van der Waals surface area contributed by atoms with Crippen molar-refractivity contribution >= 4 is 5.78 Å². The van der Waals surface area contributed by atoms with Crippen LogP contribution in [-0.4, -0.2) is 59.8 Å². The SMILES string of the molecule is COCC(C)n1c(C)cc(C(=O)CN2CCCCC2CCO)c1C. The number of methoxy groups -OCH3 is 1. The number of aliphatic hydroxyl groups is 1. The molecule has 2 rings (SSSR count). The van der Waals surface area contributed by atoms with Crippen LogP contribution in [0.2, 0.25) is 0 Å². The van der Waals surface area contributed by atoms with Gasteiger partial charge in [-0.25, -0.2) is 0 Å². The number of hydrogen-bond donors (Lipinski definition) is 1. The maximum atomic E-state index is 12.9. The normalized spacial score (nSPS) is 20.3. The average Bonchev–Trinajstić information content (AvgIpc) is 2.84. The highest BCUT2D eigenvalue weighted by Gasteiger charge is 2.26. The molecular weight excluding hydrogens is 304 g/mol. The highest BCUT2D eigenvalue weighted by molar-refractivity contribution is 5.99. The Kier molecular flexibility index (Phi) is 7.02. The van der Waals surface area contributed by atoms with E-state index in [1.807, 2.05) is 19.9 Å². The molecule has 24 heavy (non-hydrogen) atoms. The zero-order valence-electron chi connectivity index (χ0n) is 15.5. The molecule has 0 amide bonds. The topological polar surface area (TPSA) is 54.7 Å². The Hall–Kier alpha value is -1.17. The molecule has 1 fully saturated rings. The van der Waals surface area contributed by atoms with Gasteiger partial charge < -0.3 is 14.4 Å². The van der Waals surface area contributed by atoms with Crippen molar-refractivity contribution in [1.29, 1.82) is 0 Å². The number of piperidine rings is 1. The van der Waals surface area contributed by atoms with Crippen LogP contribution in [-0.2, 0) is 4.74 Å². The summed E-state index contributed by atoms with van der Waals surface area (Å²) in [6, 6.07) is 2.56. The molecule has 2 atom stereocenters. The summed E-state index contributed by atoms with van der Waals surface area (Å²) >= 11 is 0. The number of nitrogens with zero attached hydrogens (tertiary/aromatic N) is 2. The number of hydrogen-bond acceptors (Lipinski definition) is 4. The summed E-state index contributed by atoms with van der Waals surface area (Å²) in [5, 5.41) is 9.26. The van der Waals surface area contributed by atoms with Crippen LogP contribution in [0.25, 0.3) is 0 Å². The van der Waals surface area contributed by atoms with Gasteiger partial charge >= 0.3 is 0 Å². The standard InChI is InChI=1S/C19H32N2O3/c1-14-11-18(16(3)21(14)15(2)13-24-4)19(23)12-20-9-6-5-7-17(20)8-10-22/h11,15,17,22H,5-10,12-13H2,1-4H3. The van der Waals surface area contributed by atoms with Crippen LogP contribution in [0.4, 0.5) is 0 Å². The summed E-state index contributed by atoms with van der Waals surface area (Å²) in [5.74, 6) is 0.184. The van der Waals surface area contributed by atoms with Crippen LogP contribution in [0, 0.1) is 13.8 Å². The van der Waals surface area contributed by atoms with E-state index in [2.05, 4.69) is 16.4 Å². The van der Waals surface area contributed by atoms with Crippen molar-refractivity contribution in [2.75, 3.05) is 33.4 Å². The lowest BCUT2D eigenvalue weighted by atomic mass is 9.98. The Morgan fingerprint density at radius 2 is 2.17 bits per heavy atom. The van der Waals surface area contributed by atoms with Gasteiger partial charge in [0.05, 0.1) is 19.2 Å². The fourth-order valence-corrected chi connectivity index (χ4v) is 4.07. The molecule has 1 N–H and O–H groups in total. The second-order valence-corrected chi connectivity index (χ2v) is 7.01. The lowest BCUT2D eigenvalue weighted by Gasteiger charge is -2.34. The van der Waals surface area contributed by atoms with Crippen LogP contribution in [0.1, 0.15) is 60.4 Å². The van der Waals surface area contributed by atoms with Crippen LogP contribution < -0.4 is 0 Å². The molecule has 1 aromatic heterocycles. The fourth-order valence-electron chi connectivity index (χ4n) is 4.07. The highest BCUT2D eigenvalue weighted by Crippen LogP contribution is 2.24. The molecule has 0 radical (unpaired) electrons. The number of ether oxygens (including phenoxy) is 1. The zero-order valence-corrected chi connectivity index (χ0v) is 15.5. The molecule has 136 valence electrons. The van der Waals surface area contributed by atoms with Gasteiger partial charge in [-0.3, -0.25) is 9.69 Å². The predicted molar refractivity (Wildman–Crippen MR) is 95.7 cm³/mol. The molecule has 0 saturated carbocycles. The van der Waals surface area contributed by atoms with E-state index in [0.29, 0.717) is 19.2 Å². The quantitative estimate of drug-likeness (QED) is 0.742. The first kappa shape index (κ1) is 19.2. The smallest absolute Gasteiger partial charge is 0.178 e. The van der Waals surface area contributed by atoms with Crippen LogP contribution in [0.5, 0.6) is 0 Å². The van der Waals surface area contributed by atoms with Crippen molar-refractivity contribution in [1.82, 2.24) is 9.47 Å². The third-order valence-corrected chi connectivity index (χ3v) is 5.19. The first-order valence-corrected chi connectivity index (χ1v) is 9.05.